The highest BCUT2D eigenvalue weighted by Gasteiger charge is 2.07. The van der Waals surface area contributed by atoms with Crippen LogP contribution in [-0.2, 0) is 4.74 Å². The molecule has 0 unspecified atom stereocenters. The van der Waals surface area contributed by atoms with Crippen molar-refractivity contribution in [2.24, 2.45) is 0 Å². The fourth-order valence-electron chi connectivity index (χ4n) is 1.42. The first kappa shape index (κ1) is 11.3. The van der Waals surface area contributed by atoms with E-state index in [4.69, 9.17) is 4.74 Å². The zero-order valence-electron chi connectivity index (χ0n) is 8.74. The second-order valence-corrected chi connectivity index (χ2v) is 4.53. The molecule has 0 radical (unpaired) electrons. The minimum absolute atomic E-state index is 0.324. The summed E-state index contributed by atoms with van der Waals surface area (Å²) in [6.45, 7) is 2.16. The van der Waals surface area contributed by atoms with Crippen molar-refractivity contribution in [1.29, 1.82) is 0 Å². The molecule has 0 N–H and O–H groups in total. The van der Waals surface area contributed by atoms with Crippen molar-refractivity contribution in [2.75, 3.05) is 6.61 Å². The van der Waals surface area contributed by atoms with E-state index in [1.165, 1.54) is 0 Å². The van der Waals surface area contributed by atoms with Gasteiger partial charge < -0.3 is 4.74 Å². The molecule has 0 atom stereocenters. The molecule has 0 fully saturated rings. The quantitative estimate of drug-likeness (QED) is 0.629. The zero-order chi connectivity index (χ0) is 11.5. The molecule has 1 aromatic heterocycles. The maximum Gasteiger partial charge on any atom is 0.339 e. The van der Waals surface area contributed by atoms with E-state index >= 15 is 0 Å². The largest absolute Gasteiger partial charge is 0.462 e. The summed E-state index contributed by atoms with van der Waals surface area (Å²) < 4.78 is 6.05. The fraction of sp³-hybridized carbons (Fsp3) is 0.167. The van der Waals surface area contributed by atoms with Gasteiger partial charge in [-0.15, -0.1) is 0 Å². The topological polar surface area (TPSA) is 39.2 Å². The Hall–Kier alpha value is -1.17. The van der Waals surface area contributed by atoms with Crippen molar-refractivity contribution in [2.45, 2.75) is 6.92 Å². The number of carbonyl (C=O) groups excluding carboxylic acids is 1. The number of halogens is 1. The van der Waals surface area contributed by atoms with Crippen molar-refractivity contribution >= 4 is 39.5 Å². The lowest BCUT2D eigenvalue weighted by Crippen LogP contribution is -2.04. The second kappa shape index (κ2) is 4.78. The van der Waals surface area contributed by atoms with Gasteiger partial charge in [0.05, 0.1) is 17.7 Å². The van der Waals surface area contributed by atoms with Gasteiger partial charge in [-0.25, -0.2) is 4.79 Å². The summed E-state index contributed by atoms with van der Waals surface area (Å²) in [5.41, 5.74) is 1.38. The van der Waals surface area contributed by atoms with Crippen LogP contribution in [0.3, 0.4) is 0 Å². The standard InChI is InChI=1S/C12H10INO2/c1-2-16-12(15)9-5-8-3-4-10(13)6-11(8)14-7-9/h3-7H,2H2,1H3. The van der Waals surface area contributed by atoms with Crippen LogP contribution in [0.25, 0.3) is 10.9 Å². The predicted octanol–water partition coefficient (Wildman–Crippen LogP) is 3.02. The number of hydrogen-bond donors (Lipinski definition) is 0. The van der Waals surface area contributed by atoms with Gasteiger partial charge in [0, 0.05) is 15.2 Å². The van der Waals surface area contributed by atoms with Crippen LogP contribution in [0.4, 0.5) is 0 Å². The van der Waals surface area contributed by atoms with Gasteiger partial charge in [0.2, 0.25) is 0 Å². The van der Waals surface area contributed by atoms with Gasteiger partial charge in [0.25, 0.3) is 0 Å². The Balaban J connectivity index is 2.44. The maximum absolute atomic E-state index is 11.5. The van der Waals surface area contributed by atoms with Crippen molar-refractivity contribution in [3.63, 3.8) is 0 Å². The molecule has 16 heavy (non-hydrogen) atoms. The Kier molecular flexibility index (Phi) is 3.38. The minimum atomic E-state index is -0.324. The number of carbonyl (C=O) groups is 1. The van der Waals surface area contributed by atoms with Gasteiger partial charge in [0.15, 0.2) is 0 Å². The lowest BCUT2D eigenvalue weighted by molar-refractivity contribution is 0.0526. The molecule has 0 aliphatic heterocycles. The van der Waals surface area contributed by atoms with Crippen molar-refractivity contribution < 1.29 is 9.53 Å². The summed E-state index contributed by atoms with van der Waals surface area (Å²) in [4.78, 5) is 15.7. The first-order valence-corrected chi connectivity index (χ1v) is 6.01. The van der Waals surface area contributed by atoms with Crippen LogP contribution in [0.15, 0.2) is 30.5 Å². The highest BCUT2D eigenvalue weighted by Crippen LogP contribution is 2.17. The first-order valence-electron chi connectivity index (χ1n) is 4.93. The van der Waals surface area contributed by atoms with Gasteiger partial charge in [-0.2, -0.15) is 0 Å². The number of esters is 1. The Morgan fingerprint density at radius 1 is 1.44 bits per heavy atom. The van der Waals surface area contributed by atoms with Crippen LogP contribution >= 0.6 is 22.6 Å². The molecule has 2 aromatic rings. The number of rotatable bonds is 2. The van der Waals surface area contributed by atoms with Gasteiger partial charge >= 0.3 is 5.97 Å². The average Bonchev–Trinajstić information content (AvgIpc) is 2.28. The Morgan fingerprint density at radius 2 is 2.25 bits per heavy atom. The van der Waals surface area contributed by atoms with E-state index in [0.717, 1.165) is 14.5 Å². The average molecular weight is 327 g/mol. The third-order valence-corrected chi connectivity index (χ3v) is 2.83. The van der Waals surface area contributed by atoms with E-state index in [1.807, 2.05) is 18.2 Å². The minimum Gasteiger partial charge on any atom is -0.462 e. The molecule has 0 saturated heterocycles. The maximum atomic E-state index is 11.5. The number of hydrogen-bond acceptors (Lipinski definition) is 3. The molecule has 0 amide bonds. The molecule has 0 aliphatic rings. The molecule has 0 aliphatic carbocycles. The molecule has 0 bridgehead atoms. The lowest BCUT2D eigenvalue weighted by Gasteiger charge is -2.03. The molecular weight excluding hydrogens is 317 g/mol. The van der Waals surface area contributed by atoms with E-state index in [2.05, 4.69) is 27.6 Å². The van der Waals surface area contributed by atoms with E-state index in [0.29, 0.717) is 12.2 Å². The van der Waals surface area contributed by atoms with Gasteiger partial charge in [-0.3, -0.25) is 4.98 Å². The van der Waals surface area contributed by atoms with Crippen molar-refractivity contribution in [1.82, 2.24) is 4.98 Å². The van der Waals surface area contributed by atoms with E-state index in [1.54, 1.807) is 19.2 Å². The van der Waals surface area contributed by atoms with Crippen LogP contribution in [0, 0.1) is 3.57 Å². The third-order valence-electron chi connectivity index (χ3n) is 2.16. The van der Waals surface area contributed by atoms with Crippen molar-refractivity contribution in [3.05, 3.63) is 39.6 Å². The smallest absolute Gasteiger partial charge is 0.339 e. The SMILES string of the molecule is CCOC(=O)c1cnc2cc(I)ccc2c1. The summed E-state index contributed by atoms with van der Waals surface area (Å²) in [7, 11) is 0. The number of benzene rings is 1. The van der Waals surface area contributed by atoms with Crippen LogP contribution in [0.5, 0.6) is 0 Å². The van der Waals surface area contributed by atoms with Crippen LogP contribution in [0.1, 0.15) is 17.3 Å². The number of aromatic nitrogens is 1. The van der Waals surface area contributed by atoms with E-state index in [9.17, 15) is 4.79 Å². The molecule has 0 spiro atoms. The lowest BCUT2D eigenvalue weighted by atomic mass is 10.1. The normalized spacial score (nSPS) is 10.4. The Bertz CT molecular complexity index is 540. The second-order valence-electron chi connectivity index (χ2n) is 3.28. The molecule has 1 aromatic carbocycles. The number of nitrogens with zero attached hydrogens (tertiary/aromatic N) is 1. The highest BCUT2D eigenvalue weighted by molar-refractivity contribution is 14.1. The summed E-state index contributed by atoms with van der Waals surface area (Å²) in [5, 5.41) is 0.950. The summed E-state index contributed by atoms with van der Waals surface area (Å²) in [5.74, 6) is -0.324. The zero-order valence-corrected chi connectivity index (χ0v) is 10.9. The molecule has 82 valence electrons. The van der Waals surface area contributed by atoms with E-state index < -0.39 is 0 Å². The van der Waals surface area contributed by atoms with Gasteiger partial charge in [0.1, 0.15) is 0 Å². The van der Waals surface area contributed by atoms with Crippen LogP contribution in [-0.4, -0.2) is 17.6 Å². The molecule has 3 nitrogen and oxygen atoms in total. The summed E-state index contributed by atoms with van der Waals surface area (Å²) in [6.07, 6.45) is 1.55. The van der Waals surface area contributed by atoms with Crippen molar-refractivity contribution in [3.8, 4) is 0 Å². The first-order chi connectivity index (χ1) is 7.70. The van der Waals surface area contributed by atoms with E-state index in [-0.39, 0.29) is 5.97 Å². The van der Waals surface area contributed by atoms with Crippen LogP contribution < -0.4 is 0 Å². The molecule has 1 heterocycles. The number of fused-ring (bicyclic) bond motifs is 1. The summed E-state index contributed by atoms with van der Waals surface area (Å²) >= 11 is 2.23. The van der Waals surface area contributed by atoms with Crippen LogP contribution in [0.2, 0.25) is 0 Å². The van der Waals surface area contributed by atoms with Gasteiger partial charge in [-0.05, 0) is 47.7 Å². The Labute approximate surface area is 107 Å². The molecule has 2 rings (SSSR count). The number of ether oxygens (including phenoxy) is 1. The monoisotopic (exact) mass is 327 g/mol. The molecule has 0 saturated carbocycles. The number of pyridine rings is 1. The predicted molar refractivity (Wildman–Crippen MR) is 70.4 cm³/mol. The molecule has 4 heteroatoms. The fourth-order valence-corrected chi connectivity index (χ4v) is 1.90. The Morgan fingerprint density at radius 3 is 3.00 bits per heavy atom. The molecular formula is C12H10INO2. The highest BCUT2D eigenvalue weighted by atomic mass is 127. The van der Waals surface area contributed by atoms with Gasteiger partial charge in [-0.1, -0.05) is 6.07 Å². The summed E-state index contributed by atoms with van der Waals surface area (Å²) in [6, 6.07) is 7.72. The third kappa shape index (κ3) is 2.32.